The summed E-state index contributed by atoms with van der Waals surface area (Å²) in [4.78, 5) is 19.7. The summed E-state index contributed by atoms with van der Waals surface area (Å²) in [7, 11) is 0. The number of hydrogen-bond acceptors (Lipinski definition) is 5. The van der Waals surface area contributed by atoms with E-state index in [1.54, 1.807) is 11.3 Å². The maximum Gasteiger partial charge on any atom is 0.225 e. The van der Waals surface area contributed by atoms with Crippen molar-refractivity contribution >= 4 is 33.1 Å². The number of rotatable bonds is 6. The topological polar surface area (TPSA) is 54.5 Å². The van der Waals surface area contributed by atoms with Crippen molar-refractivity contribution in [1.82, 2.24) is 10.3 Å². The largest absolute Gasteiger partial charge is 0.494 e. The molecule has 3 heterocycles. The van der Waals surface area contributed by atoms with Gasteiger partial charge in [0.15, 0.2) is 0 Å². The van der Waals surface area contributed by atoms with Crippen molar-refractivity contribution in [2.75, 3.05) is 24.6 Å². The van der Waals surface area contributed by atoms with Gasteiger partial charge in [0.2, 0.25) is 5.91 Å². The van der Waals surface area contributed by atoms with Gasteiger partial charge in [0, 0.05) is 41.5 Å². The Hall–Kier alpha value is -2.60. The van der Waals surface area contributed by atoms with Crippen LogP contribution in [-0.4, -0.2) is 30.6 Å². The van der Waals surface area contributed by atoms with Crippen molar-refractivity contribution in [3.8, 4) is 5.75 Å². The Kier molecular flexibility index (Phi) is 5.76. The number of para-hydroxylation sites is 1. The molecular formula is C22H25N3O2S. The number of carbonyl (C=O) groups is 1. The van der Waals surface area contributed by atoms with Gasteiger partial charge in [-0.3, -0.25) is 4.79 Å². The molecule has 1 atom stereocenters. The minimum absolute atomic E-state index is 0.0244. The van der Waals surface area contributed by atoms with Crippen LogP contribution in [0.5, 0.6) is 5.75 Å². The van der Waals surface area contributed by atoms with Gasteiger partial charge in [-0.2, -0.15) is 0 Å². The first kappa shape index (κ1) is 18.7. The number of hydrogen-bond donors (Lipinski definition) is 1. The molecule has 1 aliphatic rings. The highest BCUT2D eigenvalue weighted by Crippen LogP contribution is 2.31. The Labute approximate surface area is 169 Å². The molecule has 5 nitrogen and oxygen atoms in total. The maximum atomic E-state index is 12.8. The van der Waals surface area contributed by atoms with E-state index in [0.717, 1.165) is 36.5 Å². The van der Waals surface area contributed by atoms with Crippen LogP contribution in [0.2, 0.25) is 0 Å². The molecule has 28 heavy (non-hydrogen) atoms. The fourth-order valence-electron chi connectivity index (χ4n) is 3.79. The lowest BCUT2D eigenvalue weighted by Gasteiger charge is -2.33. The third-order valence-electron chi connectivity index (χ3n) is 5.18. The molecule has 3 aromatic rings. The Morgan fingerprint density at radius 3 is 3.11 bits per heavy atom. The van der Waals surface area contributed by atoms with Crippen LogP contribution in [-0.2, 0) is 11.3 Å². The van der Waals surface area contributed by atoms with Crippen LogP contribution < -0.4 is 15.0 Å². The lowest BCUT2D eigenvalue weighted by Crippen LogP contribution is -2.43. The second-order valence-electron chi connectivity index (χ2n) is 7.01. The molecule has 0 saturated carbocycles. The number of carbonyl (C=O) groups excluding carboxylic acids is 1. The molecule has 1 aliphatic heterocycles. The van der Waals surface area contributed by atoms with E-state index in [2.05, 4.69) is 26.6 Å². The van der Waals surface area contributed by atoms with Gasteiger partial charge in [-0.1, -0.05) is 18.2 Å². The quantitative estimate of drug-likeness (QED) is 0.679. The average molecular weight is 396 g/mol. The van der Waals surface area contributed by atoms with E-state index in [9.17, 15) is 4.79 Å². The van der Waals surface area contributed by atoms with Gasteiger partial charge in [0.25, 0.3) is 0 Å². The van der Waals surface area contributed by atoms with Crippen LogP contribution in [0.1, 0.15) is 25.3 Å². The lowest BCUT2D eigenvalue weighted by molar-refractivity contribution is -0.125. The predicted octanol–water partition coefficient (Wildman–Crippen LogP) is 4.23. The minimum Gasteiger partial charge on any atom is -0.494 e. The number of benzene rings is 1. The summed E-state index contributed by atoms with van der Waals surface area (Å²) in [5.41, 5.74) is 1.01. The predicted molar refractivity (Wildman–Crippen MR) is 114 cm³/mol. The molecule has 6 heteroatoms. The number of pyridine rings is 1. The average Bonchev–Trinajstić information content (AvgIpc) is 3.22. The highest BCUT2D eigenvalue weighted by atomic mass is 32.1. The molecule has 4 rings (SSSR count). The van der Waals surface area contributed by atoms with Crippen LogP contribution in [0, 0.1) is 5.92 Å². The molecule has 0 spiro atoms. The van der Waals surface area contributed by atoms with Gasteiger partial charge in [0.1, 0.15) is 11.6 Å². The molecule has 2 aromatic heterocycles. The van der Waals surface area contributed by atoms with Crippen LogP contribution in [0.4, 0.5) is 5.82 Å². The first-order valence-corrected chi connectivity index (χ1v) is 10.7. The van der Waals surface area contributed by atoms with Crippen molar-refractivity contribution in [1.29, 1.82) is 0 Å². The van der Waals surface area contributed by atoms with Crippen molar-refractivity contribution in [2.24, 2.45) is 5.92 Å². The van der Waals surface area contributed by atoms with Crippen LogP contribution in [0.25, 0.3) is 10.1 Å². The molecule has 146 valence electrons. The second kappa shape index (κ2) is 8.61. The first-order chi connectivity index (χ1) is 13.8. The van der Waals surface area contributed by atoms with E-state index in [-0.39, 0.29) is 11.8 Å². The molecule has 1 saturated heterocycles. The fourth-order valence-corrected chi connectivity index (χ4v) is 4.56. The zero-order valence-electron chi connectivity index (χ0n) is 16.1. The van der Waals surface area contributed by atoms with Crippen LogP contribution >= 0.6 is 11.3 Å². The number of nitrogens with one attached hydrogen (secondary N) is 1. The number of piperidine rings is 1. The molecule has 0 aliphatic carbocycles. The third-order valence-corrected chi connectivity index (χ3v) is 6.06. The van der Waals surface area contributed by atoms with Crippen LogP contribution in [0.15, 0.2) is 48.0 Å². The van der Waals surface area contributed by atoms with Gasteiger partial charge >= 0.3 is 0 Å². The Bertz CT molecular complexity index is 956. The van der Waals surface area contributed by atoms with E-state index in [0.29, 0.717) is 19.7 Å². The highest BCUT2D eigenvalue weighted by Gasteiger charge is 2.27. The van der Waals surface area contributed by atoms with Crippen LogP contribution in [0.3, 0.4) is 0 Å². The summed E-state index contributed by atoms with van der Waals surface area (Å²) >= 11 is 1.73. The Morgan fingerprint density at radius 2 is 2.21 bits per heavy atom. The van der Waals surface area contributed by atoms with Crippen molar-refractivity contribution in [3.05, 3.63) is 53.5 Å². The van der Waals surface area contributed by atoms with E-state index in [1.807, 2.05) is 43.5 Å². The Morgan fingerprint density at radius 1 is 1.32 bits per heavy atom. The van der Waals surface area contributed by atoms with Gasteiger partial charge in [-0.25, -0.2) is 4.98 Å². The number of ether oxygens (including phenoxy) is 1. The third kappa shape index (κ3) is 3.97. The standard InChI is InChI=1S/C22H25N3O2S/c1-2-27-19-8-4-3-6-16(19)14-24-22(26)17-7-5-12-25(15-17)21-18-10-13-28-20(18)9-11-23-21/h3-4,6,8-11,13,17H,2,5,7,12,14-15H2,1H3,(H,24,26). The number of anilines is 1. The summed E-state index contributed by atoms with van der Waals surface area (Å²) < 4.78 is 6.90. The van der Waals surface area contributed by atoms with Gasteiger partial charge < -0.3 is 15.0 Å². The molecule has 1 fully saturated rings. The van der Waals surface area contributed by atoms with E-state index in [1.165, 1.54) is 10.1 Å². The number of nitrogens with zero attached hydrogens (tertiary/aromatic N) is 2. The molecule has 1 N–H and O–H groups in total. The first-order valence-electron chi connectivity index (χ1n) is 9.82. The lowest BCUT2D eigenvalue weighted by atomic mass is 9.96. The number of fused-ring (bicyclic) bond motifs is 1. The van der Waals surface area contributed by atoms with Crippen molar-refractivity contribution in [2.45, 2.75) is 26.3 Å². The molecule has 1 amide bonds. The fraction of sp³-hybridized carbons (Fsp3) is 0.364. The summed E-state index contributed by atoms with van der Waals surface area (Å²) in [5.74, 6) is 1.92. The zero-order valence-corrected chi connectivity index (χ0v) is 16.9. The van der Waals surface area contributed by atoms with Gasteiger partial charge in [-0.05, 0) is 43.3 Å². The van der Waals surface area contributed by atoms with Crippen molar-refractivity contribution in [3.63, 3.8) is 0 Å². The maximum absolute atomic E-state index is 12.8. The molecular weight excluding hydrogens is 370 g/mol. The monoisotopic (exact) mass is 395 g/mol. The summed E-state index contributed by atoms with van der Waals surface area (Å²) in [6, 6.07) is 12.0. The molecule has 0 radical (unpaired) electrons. The number of aromatic nitrogens is 1. The molecule has 1 unspecified atom stereocenters. The smallest absolute Gasteiger partial charge is 0.225 e. The minimum atomic E-state index is -0.0244. The van der Waals surface area contributed by atoms with Crippen molar-refractivity contribution < 1.29 is 9.53 Å². The number of amides is 1. The zero-order chi connectivity index (χ0) is 19.3. The highest BCUT2D eigenvalue weighted by molar-refractivity contribution is 7.17. The van der Waals surface area contributed by atoms with E-state index >= 15 is 0 Å². The normalized spacial score (nSPS) is 16.9. The SMILES string of the molecule is CCOc1ccccc1CNC(=O)C1CCCN(c2nccc3sccc23)C1. The number of thiophene rings is 1. The van der Waals surface area contributed by atoms with Gasteiger partial charge in [0.05, 0.1) is 12.5 Å². The Balaban J connectivity index is 1.42. The van der Waals surface area contributed by atoms with Gasteiger partial charge in [-0.15, -0.1) is 11.3 Å². The summed E-state index contributed by atoms with van der Waals surface area (Å²) in [6.45, 7) is 4.72. The molecule has 0 bridgehead atoms. The van der Waals surface area contributed by atoms with E-state index in [4.69, 9.17) is 4.74 Å². The summed E-state index contributed by atoms with van der Waals surface area (Å²) in [5, 5.41) is 6.38. The molecule has 1 aromatic carbocycles. The summed E-state index contributed by atoms with van der Waals surface area (Å²) in [6.07, 6.45) is 3.77. The van der Waals surface area contributed by atoms with E-state index < -0.39 is 0 Å². The second-order valence-corrected chi connectivity index (χ2v) is 7.96.